The Morgan fingerprint density at radius 3 is 2.86 bits per heavy atom. The summed E-state index contributed by atoms with van der Waals surface area (Å²) in [5.41, 5.74) is 0.837. The van der Waals surface area contributed by atoms with Crippen LogP contribution in [0.4, 0.5) is 10.3 Å². The predicted octanol–water partition coefficient (Wildman–Crippen LogP) is 3.76. The number of methoxy groups -OCH3 is 1. The van der Waals surface area contributed by atoms with Crippen LogP contribution in [0.25, 0.3) is 5.69 Å². The first-order valence-corrected chi connectivity index (χ1v) is 7.42. The van der Waals surface area contributed by atoms with Gasteiger partial charge in [0, 0.05) is 24.5 Å². The molecule has 1 aliphatic carbocycles. The number of nitrogens with one attached hydrogen (secondary N) is 1. The zero-order valence-corrected chi connectivity index (χ0v) is 12.2. The molecule has 1 N–H and O–H groups in total. The van der Waals surface area contributed by atoms with E-state index in [4.69, 9.17) is 4.74 Å². The fourth-order valence-corrected chi connectivity index (χ4v) is 2.85. The van der Waals surface area contributed by atoms with E-state index in [0.717, 1.165) is 11.6 Å². The van der Waals surface area contributed by atoms with Crippen LogP contribution in [-0.4, -0.2) is 22.7 Å². The van der Waals surface area contributed by atoms with Crippen molar-refractivity contribution in [1.29, 1.82) is 0 Å². The quantitative estimate of drug-likeness (QED) is 0.931. The van der Waals surface area contributed by atoms with Crippen molar-refractivity contribution in [2.24, 2.45) is 0 Å². The third-order valence-corrected chi connectivity index (χ3v) is 3.99. The molecule has 21 heavy (non-hydrogen) atoms. The van der Waals surface area contributed by atoms with Gasteiger partial charge in [-0.3, -0.25) is 4.57 Å². The summed E-state index contributed by atoms with van der Waals surface area (Å²) in [6.45, 7) is 0. The molecular formula is C16H20FN3O. The Morgan fingerprint density at radius 2 is 2.10 bits per heavy atom. The van der Waals surface area contributed by atoms with Crippen LogP contribution in [-0.2, 0) is 0 Å². The minimum atomic E-state index is -0.358. The van der Waals surface area contributed by atoms with E-state index in [-0.39, 0.29) is 11.6 Å². The largest absolute Gasteiger partial charge is 0.494 e. The Hall–Kier alpha value is -2.04. The molecule has 0 spiro atoms. The smallest absolute Gasteiger partial charge is 0.207 e. The van der Waals surface area contributed by atoms with Crippen LogP contribution in [0, 0.1) is 5.82 Å². The molecule has 0 bridgehead atoms. The molecule has 1 aliphatic rings. The van der Waals surface area contributed by atoms with E-state index in [2.05, 4.69) is 10.3 Å². The molecule has 1 saturated carbocycles. The molecule has 3 rings (SSSR count). The number of benzene rings is 1. The zero-order chi connectivity index (χ0) is 14.7. The van der Waals surface area contributed by atoms with Gasteiger partial charge in [-0.25, -0.2) is 9.37 Å². The number of ether oxygens (including phenoxy) is 1. The minimum absolute atomic E-state index is 0.241. The van der Waals surface area contributed by atoms with E-state index >= 15 is 0 Å². The van der Waals surface area contributed by atoms with Gasteiger partial charge in [0.05, 0.1) is 12.8 Å². The minimum Gasteiger partial charge on any atom is -0.494 e. The number of nitrogens with zero attached hydrogens (tertiary/aromatic N) is 2. The summed E-state index contributed by atoms with van der Waals surface area (Å²) in [6.07, 6.45) is 9.84. The van der Waals surface area contributed by atoms with Gasteiger partial charge in [0.1, 0.15) is 0 Å². The second kappa shape index (κ2) is 6.16. The zero-order valence-electron chi connectivity index (χ0n) is 12.2. The number of rotatable bonds is 4. The van der Waals surface area contributed by atoms with Gasteiger partial charge in [-0.2, -0.15) is 0 Å². The normalized spacial score (nSPS) is 15.9. The highest BCUT2D eigenvalue weighted by Gasteiger charge is 2.16. The highest BCUT2D eigenvalue weighted by molar-refractivity contribution is 5.46. The molecule has 0 saturated heterocycles. The average molecular weight is 289 g/mol. The summed E-state index contributed by atoms with van der Waals surface area (Å²) >= 11 is 0. The van der Waals surface area contributed by atoms with Gasteiger partial charge in [0.2, 0.25) is 5.95 Å². The van der Waals surface area contributed by atoms with E-state index in [1.807, 2.05) is 10.8 Å². The van der Waals surface area contributed by atoms with Crippen molar-refractivity contribution in [2.75, 3.05) is 12.4 Å². The van der Waals surface area contributed by atoms with Crippen LogP contribution in [0.3, 0.4) is 0 Å². The fraction of sp³-hybridized carbons (Fsp3) is 0.438. The lowest BCUT2D eigenvalue weighted by atomic mass is 9.96. The van der Waals surface area contributed by atoms with E-state index in [1.165, 1.54) is 45.3 Å². The molecule has 1 heterocycles. The molecule has 2 aromatic rings. The van der Waals surface area contributed by atoms with E-state index in [9.17, 15) is 4.39 Å². The molecule has 0 radical (unpaired) electrons. The summed E-state index contributed by atoms with van der Waals surface area (Å²) < 4.78 is 20.5. The second-order valence-electron chi connectivity index (χ2n) is 5.42. The van der Waals surface area contributed by atoms with Gasteiger partial charge in [-0.1, -0.05) is 19.3 Å². The van der Waals surface area contributed by atoms with Crippen LogP contribution in [0.15, 0.2) is 30.6 Å². The fourth-order valence-electron chi connectivity index (χ4n) is 2.85. The number of hydrogen-bond acceptors (Lipinski definition) is 3. The SMILES string of the molecule is COc1cc(-n2ccnc2NC2CCCCC2)ccc1F. The molecule has 0 amide bonds. The first kappa shape index (κ1) is 13.9. The Labute approximate surface area is 124 Å². The summed E-state index contributed by atoms with van der Waals surface area (Å²) in [4.78, 5) is 4.38. The van der Waals surface area contributed by atoms with Gasteiger partial charge >= 0.3 is 0 Å². The molecule has 0 unspecified atom stereocenters. The van der Waals surface area contributed by atoms with Crippen molar-refractivity contribution in [2.45, 2.75) is 38.1 Å². The summed E-state index contributed by atoms with van der Waals surface area (Å²) in [5.74, 6) is 0.684. The molecular weight excluding hydrogens is 269 g/mol. The Morgan fingerprint density at radius 1 is 1.29 bits per heavy atom. The van der Waals surface area contributed by atoms with E-state index in [1.54, 1.807) is 18.3 Å². The maximum absolute atomic E-state index is 13.5. The van der Waals surface area contributed by atoms with Crippen molar-refractivity contribution in [3.63, 3.8) is 0 Å². The van der Waals surface area contributed by atoms with Gasteiger partial charge in [-0.05, 0) is 25.0 Å². The van der Waals surface area contributed by atoms with Crippen molar-refractivity contribution < 1.29 is 9.13 Å². The maximum Gasteiger partial charge on any atom is 0.207 e. The monoisotopic (exact) mass is 289 g/mol. The Kier molecular flexibility index (Phi) is 4.08. The topological polar surface area (TPSA) is 39.1 Å². The highest BCUT2D eigenvalue weighted by Crippen LogP contribution is 2.25. The van der Waals surface area contributed by atoms with Crippen molar-refractivity contribution in [3.05, 3.63) is 36.4 Å². The number of halogens is 1. The standard InChI is InChI=1S/C16H20FN3O/c1-21-15-11-13(7-8-14(15)17)20-10-9-18-16(20)19-12-5-3-2-4-6-12/h7-12H,2-6H2,1H3,(H,18,19). The first-order valence-electron chi connectivity index (χ1n) is 7.42. The highest BCUT2D eigenvalue weighted by atomic mass is 19.1. The summed E-state index contributed by atoms with van der Waals surface area (Å²) in [6, 6.07) is 5.30. The molecule has 1 aromatic heterocycles. The molecule has 112 valence electrons. The van der Waals surface area contributed by atoms with Crippen LogP contribution in [0.5, 0.6) is 5.75 Å². The molecule has 4 nitrogen and oxygen atoms in total. The lowest BCUT2D eigenvalue weighted by Crippen LogP contribution is -2.24. The van der Waals surface area contributed by atoms with Crippen molar-refractivity contribution in [3.8, 4) is 11.4 Å². The van der Waals surface area contributed by atoms with Gasteiger partial charge in [0.25, 0.3) is 0 Å². The van der Waals surface area contributed by atoms with Crippen LogP contribution >= 0.6 is 0 Å². The molecule has 1 aromatic carbocycles. The average Bonchev–Trinajstić information content (AvgIpc) is 2.97. The van der Waals surface area contributed by atoms with Crippen LogP contribution in [0.1, 0.15) is 32.1 Å². The molecule has 5 heteroatoms. The number of aromatic nitrogens is 2. The van der Waals surface area contributed by atoms with Crippen molar-refractivity contribution >= 4 is 5.95 Å². The third-order valence-electron chi connectivity index (χ3n) is 3.99. The van der Waals surface area contributed by atoms with Gasteiger partial charge in [-0.15, -0.1) is 0 Å². The predicted molar refractivity (Wildman–Crippen MR) is 80.6 cm³/mol. The molecule has 0 atom stereocenters. The summed E-state index contributed by atoms with van der Waals surface area (Å²) in [7, 11) is 1.47. The van der Waals surface area contributed by atoms with E-state index in [0.29, 0.717) is 6.04 Å². The first-order chi connectivity index (χ1) is 10.3. The summed E-state index contributed by atoms with van der Waals surface area (Å²) in [5, 5.41) is 3.50. The third kappa shape index (κ3) is 3.01. The molecule has 0 aliphatic heterocycles. The van der Waals surface area contributed by atoms with Crippen LogP contribution < -0.4 is 10.1 Å². The maximum atomic E-state index is 13.5. The van der Waals surface area contributed by atoms with Gasteiger partial charge in [0.15, 0.2) is 11.6 Å². The van der Waals surface area contributed by atoms with Gasteiger partial charge < -0.3 is 10.1 Å². The number of hydrogen-bond donors (Lipinski definition) is 1. The Bertz CT molecular complexity index is 605. The van der Waals surface area contributed by atoms with Crippen molar-refractivity contribution in [1.82, 2.24) is 9.55 Å². The van der Waals surface area contributed by atoms with E-state index < -0.39 is 0 Å². The Balaban J connectivity index is 1.84. The lowest BCUT2D eigenvalue weighted by molar-refractivity contribution is 0.386. The van der Waals surface area contributed by atoms with Crippen LogP contribution in [0.2, 0.25) is 0 Å². The lowest BCUT2D eigenvalue weighted by Gasteiger charge is -2.23. The number of anilines is 1. The molecule has 1 fully saturated rings. The number of imidazole rings is 1. The second-order valence-corrected chi connectivity index (χ2v) is 5.42.